The highest BCUT2D eigenvalue weighted by Gasteiger charge is 2.58. The Labute approximate surface area is 338 Å². The lowest BCUT2D eigenvalue weighted by atomic mass is 9.62. The minimum absolute atomic E-state index is 0.0117. The molecule has 2 aliphatic heterocycles. The number of ether oxygens (including phenoxy) is 1. The van der Waals surface area contributed by atoms with Gasteiger partial charge in [0, 0.05) is 47.0 Å². The van der Waals surface area contributed by atoms with E-state index in [0.717, 1.165) is 43.6 Å². The van der Waals surface area contributed by atoms with Crippen LogP contribution in [0.4, 0.5) is 0 Å². The largest absolute Gasteiger partial charge is 0.466 e. The van der Waals surface area contributed by atoms with Crippen molar-refractivity contribution in [1.82, 2.24) is 15.6 Å². The normalized spacial score (nSPS) is 33.8. The molecule has 6 aliphatic carbocycles. The Balaban J connectivity index is 0.960. The number of allylic oxidation sites excluding steroid dienone is 10. The maximum absolute atomic E-state index is 6.70. The third kappa shape index (κ3) is 6.07. The second-order valence-electron chi connectivity index (χ2n) is 17.8. The molecule has 3 heterocycles. The van der Waals surface area contributed by atoms with Crippen LogP contribution in [0.1, 0.15) is 117 Å². The molecule has 0 fully saturated rings. The maximum Gasteiger partial charge on any atom is 0.146 e. The molecule has 0 bridgehead atoms. The zero-order chi connectivity index (χ0) is 37.9. The third-order valence-electron chi connectivity index (χ3n) is 14.6. The number of pyridine rings is 1. The molecule has 2 aromatic carbocycles. The number of aliphatic imine (C=N–C) groups is 1. The predicted octanol–water partition coefficient (Wildman–Crippen LogP) is 11.3. The topological polar surface area (TPSA) is 58.5 Å². The standard InChI is InChI=1S/C52H54N4O/c1-52(39-17-9-4-10-18-39)47-40(30-32-45-46(47)42-19-11-12-20-44(42)57-45)41-29-31-43(53-48(41)52)51-55-49(37-25-21-35(22-26-37)33-13-5-2-6-14-33)54-50(56-51)38-27-23-36(24-28-38)34-15-7-3-8-16-34/h2,4-7,9-10,13-15,17-18,20-21,23-27,29,31,34-35,38,40,42,47,50-51,56H,3,8,11-12,16,19,22,28,30,32H2,1H3,(H,54,55). The molecule has 11 rings (SSSR count). The van der Waals surface area contributed by atoms with Crippen LogP contribution in [0.5, 0.6) is 0 Å². The van der Waals surface area contributed by atoms with Crippen LogP contribution in [0.2, 0.25) is 0 Å². The number of nitrogens with one attached hydrogen (secondary N) is 2. The van der Waals surface area contributed by atoms with E-state index in [0.29, 0.717) is 29.6 Å². The van der Waals surface area contributed by atoms with Gasteiger partial charge >= 0.3 is 0 Å². The molecule has 0 saturated heterocycles. The SMILES string of the molecule is CC1(c2ccccc2)c2nc(C3N=C(C4=CCC(c5ccccc5)C=C4)NC(C4C=CC(C5C=CCCC5)=CC4)N3)ccc2C2CCC3=C(C4CCCC=C4O3)C21. The van der Waals surface area contributed by atoms with Crippen LogP contribution < -0.4 is 10.6 Å². The number of hydrogen-bond acceptors (Lipinski definition) is 5. The van der Waals surface area contributed by atoms with Gasteiger partial charge in [-0.05, 0) is 111 Å². The van der Waals surface area contributed by atoms with Gasteiger partial charge in [-0.3, -0.25) is 10.3 Å². The molecule has 0 spiro atoms. The summed E-state index contributed by atoms with van der Waals surface area (Å²) < 4.78 is 6.70. The molecule has 9 atom stereocenters. The quantitative estimate of drug-likeness (QED) is 0.246. The summed E-state index contributed by atoms with van der Waals surface area (Å²) in [6.07, 6.45) is 32.6. The van der Waals surface area contributed by atoms with E-state index in [1.165, 1.54) is 77.2 Å². The summed E-state index contributed by atoms with van der Waals surface area (Å²) in [7, 11) is 0. The third-order valence-corrected chi connectivity index (χ3v) is 14.6. The minimum Gasteiger partial charge on any atom is -0.466 e. The Hall–Kier alpha value is -5.00. The van der Waals surface area contributed by atoms with Crippen LogP contribution >= 0.6 is 0 Å². The summed E-state index contributed by atoms with van der Waals surface area (Å²) in [5.74, 6) is 5.79. The summed E-state index contributed by atoms with van der Waals surface area (Å²) in [6, 6.07) is 26.8. The summed E-state index contributed by atoms with van der Waals surface area (Å²) in [5.41, 5.74) is 10.3. The zero-order valence-corrected chi connectivity index (χ0v) is 33.1. The van der Waals surface area contributed by atoms with Gasteiger partial charge < -0.3 is 10.1 Å². The first-order chi connectivity index (χ1) is 28.1. The molecular formula is C52H54N4O. The van der Waals surface area contributed by atoms with Crippen LogP contribution in [0.3, 0.4) is 0 Å². The number of rotatable bonds is 6. The Morgan fingerprint density at radius 1 is 0.789 bits per heavy atom. The average molecular weight is 751 g/mol. The van der Waals surface area contributed by atoms with Crippen LogP contribution in [0.15, 0.2) is 161 Å². The maximum atomic E-state index is 6.70. The van der Waals surface area contributed by atoms with E-state index < -0.39 is 0 Å². The van der Waals surface area contributed by atoms with Crippen molar-refractivity contribution in [3.05, 3.63) is 184 Å². The van der Waals surface area contributed by atoms with Crippen molar-refractivity contribution >= 4 is 5.84 Å². The van der Waals surface area contributed by atoms with Crippen LogP contribution in [0.25, 0.3) is 0 Å². The number of hydrogen-bond donors (Lipinski definition) is 2. The van der Waals surface area contributed by atoms with E-state index in [2.05, 4.69) is 145 Å². The minimum atomic E-state index is -0.282. The van der Waals surface area contributed by atoms with E-state index >= 15 is 0 Å². The lowest BCUT2D eigenvalue weighted by Crippen LogP contribution is -2.55. The highest BCUT2D eigenvalue weighted by molar-refractivity contribution is 6.01. The fraction of sp³-hybridized carbons (Fsp3) is 0.385. The first-order valence-corrected chi connectivity index (χ1v) is 21.9. The molecule has 3 aromatic rings. The Bertz CT molecular complexity index is 2310. The lowest BCUT2D eigenvalue weighted by Gasteiger charge is -2.40. The van der Waals surface area contributed by atoms with E-state index in [1.807, 2.05) is 0 Å². The van der Waals surface area contributed by atoms with Crippen molar-refractivity contribution in [3.63, 3.8) is 0 Å². The Kier molecular flexibility index (Phi) is 8.91. The highest BCUT2D eigenvalue weighted by atomic mass is 16.5. The van der Waals surface area contributed by atoms with E-state index in [1.54, 1.807) is 5.57 Å². The monoisotopic (exact) mass is 750 g/mol. The number of amidine groups is 1. The summed E-state index contributed by atoms with van der Waals surface area (Å²) in [5, 5.41) is 7.89. The van der Waals surface area contributed by atoms with Gasteiger partial charge in [0.25, 0.3) is 0 Å². The summed E-state index contributed by atoms with van der Waals surface area (Å²) in [4.78, 5) is 11.3. The highest BCUT2D eigenvalue weighted by Crippen LogP contribution is 2.64. The van der Waals surface area contributed by atoms with Crippen LogP contribution in [0, 0.1) is 23.7 Å². The second-order valence-corrected chi connectivity index (χ2v) is 17.8. The van der Waals surface area contributed by atoms with Crippen molar-refractivity contribution in [2.75, 3.05) is 0 Å². The van der Waals surface area contributed by atoms with Gasteiger partial charge in [-0.15, -0.1) is 0 Å². The van der Waals surface area contributed by atoms with Gasteiger partial charge in [0.15, 0.2) is 0 Å². The lowest BCUT2D eigenvalue weighted by molar-refractivity contribution is 0.268. The molecule has 1 aromatic heterocycles. The fourth-order valence-electron chi connectivity index (χ4n) is 11.7. The molecule has 0 amide bonds. The number of nitrogens with zero attached hydrogens (tertiary/aromatic N) is 2. The van der Waals surface area contributed by atoms with Gasteiger partial charge in [-0.1, -0.05) is 115 Å². The van der Waals surface area contributed by atoms with Crippen molar-refractivity contribution < 1.29 is 4.74 Å². The summed E-state index contributed by atoms with van der Waals surface area (Å²) >= 11 is 0. The molecule has 8 aliphatic rings. The first kappa shape index (κ1) is 35.2. The Morgan fingerprint density at radius 2 is 1.65 bits per heavy atom. The van der Waals surface area contributed by atoms with Gasteiger partial charge in [0.2, 0.25) is 0 Å². The van der Waals surface area contributed by atoms with Crippen molar-refractivity contribution in [2.45, 2.75) is 101 Å². The molecule has 5 heteroatoms. The number of aromatic nitrogens is 1. The molecule has 2 N–H and O–H groups in total. The van der Waals surface area contributed by atoms with Gasteiger partial charge in [0.05, 0.1) is 17.6 Å². The van der Waals surface area contributed by atoms with Crippen molar-refractivity contribution in [2.24, 2.45) is 28.7 Å². The van der Waals surface area contributed by atoms with E-state index in [9.17, 15) is 0 Å². The Morgan fingerprint density at radius 3 is 2.44 bits per heavy atom. The zero-order valence-electron chi connectivity index (χ0n) is 33.1. The van der Waals surface area contributed by atoms with Crippen molar-refractivity contribution in [1.29, 1.82) is 0 Å². The fourth-order valence-corrected chi connectivity index (χ4v) is 11.7. The van der Waals surface area contributed by atoms with Gasteiger partial charge in [-0.25, -0.2) is 4.99 Å². The van der Waals surface area contributed by atoms with E-state index in [-0.39, 0.29) is 23.7 Å². The second kappa shape index (κ2) is 14.4. The number of benzene rings is 2. The molecule has 9 unspecified atom stereocenters. The number of fused-ring (bicyclic) bond motifs is 6. The summed E-state index contributed by atoms with van der Waals surface area (Å²) in [6.45, 7) is 2.48. The predicted molar refractivity (Wildman–Crippen MR) is 229 cm³/mol. The molecule has 5 nitrogen and oxygen atoms in total. The average Bonchev–Trinajstić information content (AvgIpc) is 3.80. The van der Waals surface area contributed by atoms with Gasteiger partial charge in [-0.2, -0.15) is 0 Å². The van der Waals surface area contributed by atoms with Crippen molar-refractivity contribution in [3.8, 4) is 0 Å². The molecule has 0 radical (unpaired) electrons. The van der Waals surface area contributed by atoms with Crippen LogP contribution in [-0.4, -0.2) is 17.0 Å². The molecular weight excluding hydrogens is 697 g/mol. The molecule has 0 saturated carbocycles. The van der Waals surface area contributed by atoms with E-state index in [4.69, 9.17) is 14.7 Å². The van der Waals surface area contributed by atoms with Gasteiger partial charge in [0.1, 0.15) is 23.5 Å². The molecule has 288 valence electrons. The smallest absolute Gasteiger partial charge is 0.146 e. The molecule has 57 heavy (non-hydrogen) atoms. The first-order valence-electron chi connectivity index (χ1n) is 21.9. The van der Waals surface area contributed by atoms with Crippen LogP contribution in [-0.2, 0) is 10.2 Å².